The molecule has 1 fully saturated rings. The van der Waals surface area contributed by atoms with Gasteiger partial charge in [-0.1, -0.05) is 24.3 Å². The molecule has 0 N–H and O–H groups in total. The number of rotatable bonds is 3. The molecule has 0 spiro atoms. The molecule has 5 nitrogen and oxygen atoms in total. The molecular weight excluding hydrogens is 352 g/mol. The maximum atomic E-state index is 13.2. The van der Waals surface area contributed by atoms with Crippen LogP contribution >= 0.6 is 0 Å². The Labute approximate surface area is 165 Å². The molecule has 28 heavy (non-hydrogen) atoms. The van der Waals surface area contributed by atoms with Crippen LogP contribution in [0.2, 0.25) is 0 Å². The van der Waals surface area contributed by atoms with Crippen molar-refractivity contribution in [1.82, 2.24) is 4.90 Å². The molecule has 146 valence electrons. The number of benzene rings is 2. The summed E-state index contributed by atoms with van der Waals surface area (Å²) in [6.07, 6.45) is 0. The van der Waals surface area contributed by atoms with Crippen LogP contribution in [0, 0.1) is 20.8 Å². The van der Waals surface area contributed by atoms with E-state index >= 15 is 0 Å². The van der Waals surface area contributed by atoms with Crippen LogP contribution in [0.25, 0.3) is 11.0 Å². The van der Waals surface area contributed by atoms with Gasteiger partial charge in [-0.3, -0.25) is 4.79 Å². The molecule has 0 atom stereocenters. The minimum absolute atomic E-state index is 0.0211. The number of hydrogen-bond donors (Lipinski definition) is 0. The van der Waals surface area contributed by atoms with E-state index in [2.05, 4.69) is 24.0 Å². The monoisotopic (exact) mass is 378 g/mol. The zero-order valence-corrected chi connectivity index (χ0v) is 16.9. The molecular formula is C23H26N2O3. The van der Waals surface area contributed by atoms with Crippen molar-refractivity contribution in [3.05, 3.63) is 58.8 Å². The predicted octanol–water partition coefficient (Wildman–Crippen LogP) is 4.33. The highest BCUT2D eigenvalue weighted by Crippen LogP contribution is 2.32. The van der Waals surface area contributed by atoms with Crippen molar-refractivity contribution in [2.45, 2.75) is 20.8 Å². The molecule has 0 aliphatic carbocycles. The second-order valence-corrected chi connectivity index (χ2v) is 7.41. The average Bonchev–Trinajstić information content (AvgIpc) is 3.09. The molecule has 2 aromatic carbocycles. The van der Waals surface area contributed by atoms with E-state index in [1.165, 1.54) is 0 Å². The number of piperazine rings is 1. The second-order valence-electron chi connectivity index (χ2n) is 7.41. The summed E-state index contributed by atoms with van der Waals surface area (Å²) in [4.78, 5) is 17.3. The van der Waals surface area contributed by atoms with Crippen LogP contribution in [0.4, 0.5) is 5.69 Å². The lowest BCUT2D eigenvalue weighted by atomic mass is 10.0. The molecule has 0 bridgehead atoms. The smallest absolute Gasteiger partial charge is 0.290 e. The summed E-state index contributed by atoms with van der Waals surface area (Å²) in [5.41, 5.74) is 5.04. The zero-order valence-electron chi connectivity index (χ0n) is 16.9. The lowest BCUT2D eigenvalue weighted by Crippen LogP contribution is -2.48. The molecule has 1 amide bonds. The van der Waals surface area contributed by atoms with E-state index in [4.69, 9.17) is 9.15 Å². The number of fused-ring (bicyclic) bond motifs is 1. The topological polar surface area (TPSA) is 45.9 Å². The van der Waals surface area contributed by atoms with E-state index in [9.17, 15) is 4.79 Å². The number of methoxy groups -OCH3 is 1. The first-order valence-corrected chi connectivity index (χ1v) is 9.67. The van der Waals surface area contributed by atoms with Crippen LogP contribution in [0.1, 0.15) is 27.2 Å². The minimum Gasteiger partial charge on any atom is -0.495 e. The highest BCUT2D eigenvalue weighted by atomic mass is 16.5. The number of nitrogens with zero attached hydrogens (tertiary/aromatic N) is 2. The van der Waals surface area contributed by atoms with E-state index in [-0.39, 0.29) is 5.91 Å². The lowest BCUT2D eigenvalue weighted by Gasteiger charge is -2.36. The third-order valence-electron chi connectivity index (χ3n) is 5.67. The molecule has 2 heterocycles. The van der Waals surface area contributed by atoms with Crippen molar-refractivity contribution in [3.8, 4) is 5.75 Å². The second kappa shape index (κ2) is 7.23. The van der Waals surface area contributed by atoms with Gasteiger partial charge in [0, 0.05) is 37.1 Å². The Hall–Kier alpha value is -2.95. The Balaban J connectivity index is 1.55. The van der Waals surface area contributed by atoms with Crippen LogP contribution in [0.5, 0.6) is 5.75 Å². The van der Waals surface area contributed by atoms with Gasteiger partial charge in [0.1, 0.15) is 11.3 Å². The number of amides is 1. The van der Waals surface area contributed by atoms with Crippen molar-refractivity contribution < 1.29 is 13.9 Å². The summed E-state index contributed by atoms with van der Waals surface area (Å²) < 4.78 is 11.5. The number of para-hydroxylation sites is 2. The largest absolute Gasteiger partial charge is 0.495 e. The maximum Gasteiger partial charge on any atom is 0.290 e. The van der Waals surface area contributed by atoms with Crippen molar-refractivity contribution in [1.29, 1.82) is 0 Å². The fraction of sp³-hybridized carbons (Fsp3) is 0.348. The maximum absolute atomic E-state index is 13.2. The lowest BCUT2D eigenvalue weighted by molar-refractivity contribution is 0.0716. The first-order valence-electron chi connectivity index (χ1n) is 9.67. The van der Waals surface area contributed by atoms with Gasteiger partial charge in [-0.15, -0.1) is 0 Å². The summed E-state index contributed by atoms with van der Waals surface area (Å²) in [6, 6.07) is 12.1. The first kappa shape index (κ1) is 18.4. The highest BCUT2D eigenvalue weighted by molar-refractivity contribution is 6.00. The van der Waals surface area contributed by atoms with Gasteiger partial charge in [-0.2, -0.15) is 0 Å². The molecule has 1 aromatic heterocycles. The first-order chi connectivity index (χ1) is 13.5. The zero-order chi connectivity index (χ0) is 19.8. The van der Waals surface area contributed by atoms with Crippen LogP contribution < -0.4 is 9.64 Å². The SMILES string of the molecule is COc1ccccc1N1CCN(C(=O)c2oc3c(C)ccc(C)c3c2C)CC1. The standard InChI is InChI=1S/C23H26N2O3/c1-15-9-10-16(2)21-20(15)17(3)22(28-21)23(26)25-13-11-24(12-14-25)18-7-5-6-8-19(18)27-4/h5-10H,11-14H2,1-4H3. The number of furan rings is 1. The van der Waals surface area contributed by atoms with E-state index in [0.29, 0.717) is 18.8 Å². The van der Waals surface area contributed by atoms with Gasteiger partial charge in [0.2, 0.25) is 0 Å². The molecule has 0 saturated carbocycles. The number of ether oxygens (including phenoxy) is 1. The highest BCUT2D eigenvalue weighted by Gasteiger charge is 2.28. The van der Waals surface area contributed by atoms with Gasteiger partial charge < -0.3 is 19.0 Å². The van der Waals surface area contributed by atoms with E-state index in [1.54, 1.807) is 7.11 Å². The Bertz CT molecular complexity index is 1030. The van der Waals surface area contributed by atoms with Crippen molar-refractivity contribution in [2.75, 3.05) is 38.2 Å². The van der Waals surface area contributed by atoms with E-state index in [1.807, 2.05) is 43.0 Å². The van der Waals surface area contributed by atoms with Crippen molar-refractivity contribution >= 4 is 22.6 Å². The van der Waals surface area contributed by atoms with Crippen LogP contribution in [-0.4, -0.2) is 44.1 Å². The quantitative estimate of drug-likeness (QED) is 0.681. The predicted molar refractivity (Wildman–Crippen MR) is 112 cm³/mol. The average molecular weight is 378 g/mol. The minimum atomic E-state index is -0.0211. The summed E-state index contributed by atoms with van der Waals surface area (Å²) in [5.74, 6) is 1.31. The number of carbonyl (C=O) groups excluding carboxylic acids is 1. The molecule has 1 aliphatic rings. The molecule has 4 rings (SSSR count). The Morgan fingerprint density at radius 2 is 1.64 bits per heavy atom. The van der Waals surface area contributed by atoms with Gasteiger partial charge in [-0.05, 0) is 44.0 Å². The number of aryl methyl sites for hydroxylation is 3. The van der Waals surface area contributed by atoms with Crippen LogP contribution in [-0.2, 0) is 0 Å². The van der Waals surface area contributed by atoms with Gasteiger partial charge in [-0.25, -0.2) is 0 Å². The van der Waals surface area contributed by atoms with Gasteiger partial charge >= 0.3 is 0 Å². The molecule has 1 aliphatic heterocycles. The molecule has 5 heteroatoms. The number of hydrogen-bond acceptors (Lipinski definition) is 4. The normalized spacial score (nSPS) is 14.6. The molecule has 3 aromatic rings. The fourth-order valence-corrected chi connectivity index (χ4v) is 4.06. The van der Waals surface area contributed by atoms with Crippen LogP contribution in [0.3, 0.4) is 0 Å². The number of anilines is 1. The van der Waals surface area contributed by atoms with Gasteiger partial charge in [0.25, 0.3) is 5.91 Å². The summed E-state index contributed by atoms with van der Waals surface area (Å²) >= 11 is 0. The van der Waals surface area contributed by atoms with Crippen LogP contribution in [0.15, 0.2) is 40.8 Å². The van der Waals surface area contributed by atoms with E-state index in [0.717, 1.165) is 52.2 Å². The summed E-state index contributed by atoms with van der Waals surface area (Å²) in [7, 11) is 1.69. The molecule has 0 unspecified atom stereocenters. The third-order valence-corrected chi connectivity index (χ3v) is 5.67. The van der Waals surface area contributed by atoms with Crippen molar-refractivity contribution in [3.63, 3.8) is 0 Å². The fourth-order valence-electron chi connectivity index (χ4n) is 4.06. The summed E-state index contributed by atoms with van der Waals surface area (Å²) in [6.45, 7) is 8.91. The Kier molecular flexibility index (Phi) is 4.75. The Morgan fingerprint density at radius 1 is 0.964 bits per heavy atom. The van der Waals surface area contributed by atoms with E-state index < -0.39 is 0 Å². The van der Waals surface area contributed by atoms with Crippen molar-refractivity contribution in [2.24, 2.45) is 0 Å². The van der Waals surface area contributed by atoms with Gasteiger partial charge in [0.15, 0.2) is 5.76 Å². The number of carbonyl (C=O) groups is 1. The van der Waals surface area contributed by atoms with Gasteiger partial charge in [0.05, 0.1) is 12.8 Å². The third kappa shape index (κ3) is 3.01. The molecule has 0 radical (unpaired) electrons. The molecule has 1 saturated heterocycles. The Morgan fingerprint density at radius 3 is 2.32 bits per heavy atom. The summed E-state index contributed by atoms with van der Waals surface area (Å²) in [5, 5.41) is 1.07.